The number of benzene rings is 1. The van der Waals surface area contributed by atoms with Crippen molar-refractivity contribution in [2.24, 2.45) is 0 Å². The van der Waals surface area contributed by atoms with Crippen molar-refractivity contribution in [2.45, 2.75) is 19.4 Å². The van der Waals surface area contributed by atoms with Crippen LogP contribution < -0.4 is 10.1 Å². The van der Waals surface area contributed by atoms with E-state index in [1.807, 2.05) is 25.1 Å². The lowest BCUT2D eigenvalue weighted by atomic mass is 9.99. The van der Waals surface area contributed by atoms with Gasteiger partial charge in [-0.1, -0.05) is 25.1 Å². The van der Waals surface area contributed by atoms with E-state index in [2.05, 4.69) is 10.3 Å². The molecule has 1 aromatic heterocycles. The van der Waals surface area contributed by atoms with Crippen molar-refractivity contribution >= 4 is 0 Å². The van der Waals surface area contributed by atoms with E-state index in [-0.39, 0.29) is 11.9 Å². The van der Waals surface area contributed by atoms with Crippen molar-refractivity contribution in [1.82, 2.24) is 10.3 Å². The summed E-state index contributed by atoms with van der Waals surface area (Å²) in [6, 6.07) is 8.80. The van der Waals surface area contributed by atoms with Crippen molar-refractivity contribution in [3.8, 4) is 5.75 Å². The summed E-state index contributed by atoms with van der Waals surface area (Å²) < 4.78 is 19.0. The first-order valence-electron chi connectivity index (χ1n) is 6.70. The number of aromatic nitrogens is 1. The lowest BCUT2D eigenvalue weighted by Gasteiger charge is -2.19. The van der Waals surface area contributed by atoms with E-state index in [0.717, 1.165) is 12.1 Å². The molecule has 1 aromatic carbocycles. The van der Waals surface area contributed by atoms with Gasteiger partial charge in [0.25, 0.3) is 0 Å². The van der Waals surface area contributed by atoms with Crippen LogP contribution in [0.15, 0.2) is 42.7 Å². The fourth-order valence-electron chi connectivity index (χ4n) is 2.18. The molecule has 0 fully saturated rings. The number of hydrogen-bond acceptors (Lipinski definition) is 3. The molecule has 0 aliphatic rings. The summed E-state index contributed by atoms with van der Waals surface area (Å²) in [6.07, 6.45) is 4.03. The van der Waals surface area contributed by atoms with Gasteiger partial charge in [-0.15, -0.1) is 0 Å². The van der Waals surface area contributed by atoms with Crippen molar-refractivity contribution in [2.75, 3.05) is 13.7 Å². The van der Waals surface area contributed by atoms with Gasteiger partial charge in [0, 0.05) is 12.2 Å². The molecule has 3 nitrogen and oxygen atoms in total. The van der Waals surface area contributed by atoms with Crippen molar-refractivity contribution in [3.05, 3.63) is 59.7 Å². The fourth-order valence-corrected chi connectivity index (χ4v) is 2.18. The SMILES string of the molecule is CCNC(Cc1ccccc1F)c1cncc(OC)c1. The molecule has 0 radical (unpaired) electrons. The van der Waals surface area contributed by atoms with E-state index >= 15 is 0 Å². The Bertz CT molecular complexity index is 560. The second-order valence-electron chi connectivity index (χ2n) is 4.56. The first-order chi connectivity index (χ1) is 9.74. The van der Waals surface area contributed by atoms with Gasteiger partial charge >= 0.3 is 0 Å². The Kier molecular flexibility index (Phi) is 5.07. The molecule has 0 bridgehead atoms. The third-order valence-corrected chi connectivity index (χ3v) is 3.20. The average molecular weight is 274 g/mol. The summed E-state index contributed by atoms with van der Waals surface area (Å²) in [5, 5.41) is 3.36. The summed E-state index contributed by atoms with van der Waals surface area (Å²) in [5.74, 6) is 0.533. The number of ether oxygens (including phenoxy) is 1. The molecule has 4 heteroatoms. The van der Waals surface area contributed by atoms with E-state index in [4.69, 9.17) is 4.74 Å². The fraction of sp³-hybridized carbons (Fsp3) is 0.312. The Morgan fingerprint density at radius 3 is 2.80 bits per heavy atom. The number of methoxy groups -OCH3 is 1. The molecule has 1 N–H and O–H groups in total. The second kappa shape index (κ2) is 7.01. The molecule has 1 unspecified atom stereocenters. The third kappa shape index (κ3) is 3.54. The maximum atomic E-state index is 13.8. The Balaban J connectivity index is 2.24. The van der Waals surface area contributed by atoms with E-state index in [1.54, 1.807) is 25.6 Å². The van der Waals surface area contributed by atoms with E-state index < -0.39 is 0 Å². The molecule has 20 heavy (non-hydrogen) atoms. The lowest BCUT2D eigenvalue weighted by molar-refractivity contribution is 0.410. The normalized spacial score (nSPS) is 12.2. The van der Waals surface area contributed by atoms with Gasteiger partial charge in [-0.2, -0.15) is 0 Å². The third-order valence-electron chi connectivity index (χ3n) is 3.20. The van der Waals surface area contributed by atoms with Gasteiger partial charge < -0.3 is 10.1 Å². The summed E-state index contributed by atoms with van der Waals surface area (Å²) >= 11 is 0. The molecule has 2 aromatic rings. The van der Waals surface area contributed by atoms with Crippen LogP contribution in [-0.2, 0) is 6.42 Å². The summed E-state index contributed by atoms with van der Waals surface area (Å²) in [7, 11) is 1.61. The largest absolute Gasteiger partial charge is 0.495 e. The molecule has 1 heterocycles. The quantitative estimate of drug-likeness (QED) is 0.878. The molecule has 0 saturated heterocycles. The van der Waals surface area contributed by atoms with Gasteiger partial charge in [-0.25, -0.2) is 4.39 Å². The molecule has 2 rings (SSSR count). The van der Waals surface area contributed by atoms with Crippen molar-refractivity contribution in [3.63, 3.8) is 0 Å². The minimum absolute atomic E-state index is 0.0134. The number of likely N-dealkylation sites (N-methyl/N-ethyl adjacent to an activating group) is 1. The van der Waals surface area contributed by atoms with Crippen LogP contribution in [0, 0.1) is 5.82 Å². The van der Waals surface area contributed by atoms with Crippen LogP contribution in [0.1, 0.15) is 24.1 Å². The van der Waals surface area contributed by atoms with Crippen LogP contribution in [0.3, 0.4) is 0 Å². The van der Waals surface area contributed by atoms with Gasteiger partial charge in [0.15, 0.2) is 0 Å². The maximum absolute atomic E-state index is 13.8. The lowest BCUT2D eigenvalue weighted by Crippen LogP contribution is -2.23. The highest BCUT2D eigenvalue weighted by Crippen LogP contribution is 2.22. The summed E-state index contributed by atoms with van der Waals surface area (Å²) in [5.41, 5.74) is 1.69. The molecule has 0 aliphatic heterocycles. The zero-order valence-corrected chi connectivity index (χ0v) is 11.8. The van der Waals surface area contributed by atoms with E-state index in [1.165, 1.54) is 6.07 Å². The zero-order valence-electron chi connectivity index (χ0n) is 11.8. The van der Waals surface area contributed by atoms with Crippen LogP contribution in [0.4, 0.5) is 4.39 Å². The molecular formula is C16H19FN2O. The van der Waals surface area contributed by atoms with Gasteiger partial charge in [-0.05, 0) is 36.2 Å². The molecule has 0 saturated carbocycles. The Morgan fingerprint density at radius 1 is 1.30 bits per heavy atom. The van der Waals surface area contributed by atoms with Crippen molar-refractivity contribution < 1.29 is 9.13 Å². The van der Waals surface area contributed by atoms with Crippen LogP contribution in [0.5, 0.6) is 5.75 Å². The first kappa shape index (κ1) is 14.5. The molecule has 0 spiro atoms. The monoisotopic (exact) mass is 274 g/mol. The van der Waals surface area contributed by atoms with Crippen LogP contribution >= 0.6 is 0 Å². The Hall–Kier alpha value is -1.94. The highest BCUT2D eigenvalue weighted by molar-refractivity contribution is 5.28. The standard InChI is InChI=1S/C16H19FN2O/c1-3-19-16(9-12-6-4-5-7-15(12)17)13-8-14(20-2)11-18-10-13/h4-8,10-11,16,19H,3,9H2,1-2H3. The molecule has 1 atom stereocenters. The molecule has 0 aliphatic carbocycles. The number of halogens is 1. The highest BCUT2D eigenvalue weighted by atomic mass is 19.1. The minimum atomic E-state index is -0.175. The van der Waals surface area contributed by atoms with Crippen LogP contribution in [-0.4, -0.2) is 18.6 Å². The van der Waals surface area contributed by atoms with Gasteiger partial charge in [0.1, 0.15) is 11.6 Å². The van der Waals surface area contributed by atoms with Gasteiger partial charge in [0.2, 0.25) is 0 Å². The second-order valence-corrected chi connectivity index (χ2v) is 4.56. The number of hydrogen-bond donors (Lipinski definition) is 1. The predicted molar refractivity (Wildman–Crippen MR) is 77.3 cm³/mol. The summed E-state index contributed by atoms with van der Waals surface area (Å²) in [4.78, 5) is 4.16. The minimum Gasteiger partial charge on any atom is -0.495 e. The highest BCUT2D eigenvalue weighted by Gasteiger charge is 2.14. The first-order valence-corrected chi connectivity index (χ1v) is 6.70. The Labute approximate surface area is 118 Å². The topological polar surface area (TPSA) is 34.2 Å². The van der Waals surface area contributed by atoms with Gasteiger partial charge in [-0.3, -0.25) is 4.98 Å². The smallest absolute Gasteiger partial charge is 0.137 e. The Morgan fingerprint density at radius 2 is 2.10 bits per heavy atom. The number of rotatable bonds is 6. The van der Waals surface area contributed by atoms with Crippen LogP contribution in [0.25, 0.3) is 0 Å². The molecular weight excluding hydrogens is 255 g/mol. The van der Waals surface area contributed by atoms with Gasteiger partial charge in [0.05, 0.1) is 13.3 Å². The predicted octanol–water partition coefficient (Wildman–Crippen LogP) is 3.12. The van der Waals surface area contributed by atoms with E-state index in [0.29, 0.717) is 17.7 Å². The number of pyridine rings is 1. The van der Waals surface area contributed by atoms with Crippen LogP contribution in [0.2, 0.25) is 0 Å². The molecule has 106 valence electrons. The number of nitrogens with zero attached hydrogens (tertiary/aromatic N) is 1. The maximum Gasteiger partial charge on any atom is 0.137 e. The molecule has 0 amide bonds. The van der Waals surface area contributed by atoms with E-state index in [9.17, 15) is 4.39 Å². The zero-order chi connectivity index (χ0) is 14.4. The summed E-state index contributed by atoms with van der Waals surface area (Å²) in [6.45, 7) is 2.83. The van der Waals surface area contributed by atoms with Crippen molar-refractivity contribution in [1.29, 1.82) is 0 Å². The number of nitrogens with one attached hydrogen (secondary N) is 1. The average Bonchev–Trinajstić information content (AvgIpc) is 2.49.